The summed E-state index contributed by atoms with van der Waals surface area (Å²) in [5.74, 6) is -0.651. The maximum absolute atomic E-state index is 12.9. The fraction of sp³-hybridized carbons (Fsp3) is 0.0500. The molecule has 3 nitrogen and oxygen atoms in total. The number of hydrogen-bond donors (Lipinski definition) is 2. The zero-order chi connectivity index (χ0) is 17.6. The Morgan fingerprint density at radius 1 is 0.880 bits per heavy atom. The summed E-state index contributed by atoms with van der Waals surface area (Å²) in [6.45, 7) is 0.612. The SMILES string of the molecule is O=C(Nc1ccc(NCc2ccccc2Cl)cc1)c1ccc(F)cc1. The lowest BCUT2D eigenvalue weighted by Crippen LogP contribution is -2.11. The first-order chi connectivity index (χ1) is 12.1. The highest BCUT2D eigenvalue weighted by atomic mass is 35.5. The molecule has 0 aromatic heterocycles. The molecule has 0 aliphatic carbocycles. The number of halogens is 2. The predicted molar refractivity (Wildman–Crippen MR) is 99.6 cm³/mol. The first-order valence-corrected chi connectivity index (χ1v) is 8.14. The third-order valence-electron chi connectivity index (χ3n) is 3.69. The van der Waals surface area contributed by atoms with Gasteiger partial charge in [-0.1, -0.05) is 29.8 Å². The van der Waals surface area contributed by atoms with E-state index >= 15 is 0 Å². The fourth-order valence-electron chi connectivity index (χ4n) is 2.31. The number of benzene rings is 3. The summed E-state index contributed by atoms with van der Waals surface area (Å²) >= 11 is 6.13. The summed E-state index contributed by atoms with van der Waals surface area (Å²) in [6.07, 6.45) is 0. The van der Waals surface area contributed by atoms with E-state index in [-0.39, 0.29) is 11.7 Å². The van der Waals surface area contributed by atoms with Crippen LogP contribution in [0.4, 0.5) is 15.8 Å². The zero-order valence-corrected chi connectivity index (χ0v) is 14.1. The average molecular weight is 355 g/mol. The summed E-state index contributed by atoms with van der Waals surface area (Å²) < 4.78 is 12.9. The molecule has 0 radical (unpaired) electrons. The van der Waals surface area contributed by atoms with E-state index in [1.807, 2.05) is 36.4 Å². The van der Waals surface area contributed by atoms with E-state index in [2.05, 4.69) is 10.6 Å². The molecular weight excluding hydrogens is 339 g/mol. The molecule has 126 valence electrons. The third-order valence-corrected chi connectivity index (χ3v) is 4.06. The van der Waals surface area contributed by atoms with Gasteiger partial charge in [-0.2, -0.15) is 0 Å². The largest absolute Gasteiger partial charge is 0.381 e. The lowest BCUT2D eigenvalue weighted by molar-refractivity contribution is 0.102. The zero-order valence-electron chi connectivity index (χ0n) is 13.3. The second-order valence-corrected chi connectivity index (χ2v) is 5.89. The van der Waals surface area contributed by atoms with Crippen molar-refractivity contribution in [3.63, 3.8) is 0 Å². The van der Waals surface area contributed by atoms with Crippen molar-refractivity contribution < 1.29 is 9.18 Å². The number of hydrogen-bond acceptors (Lipinski definition) is 2. The molecule has 2 N–H and O–H groups in total. The minimum atomic E-state index is -0.370. The van der Waals surface area contributed by atoms with E-state index in [0.29, 0.717) is 17.8 Å². The second-order valence-electron chi connectivity index (χ2n) is 5.48. The summed E-state index contributed by atoms with van der Waals surface area (Å²) in [7, 11) is 0. The summed E-state index contributed by atoms with van der Waals surface area (Å²) in [5.41, 5.74) is 3.00. The van der Waals surface area contributed by atoms with Gasteiger partial charge in [0.2, 0.25) is 0 Å². The van der Waals surface area contributed by atoms with Gasteiger partial charge >= 0.3 is 0 Å². The van der Waals surface area contributed by atoms with Gasteiger partial charge in [0.25, 0.3) is 5.91 Å². The van der Waals surface area contributed by atoms with Crippen LogP contribution in [0.2, 0.25) is 5.02 Å². The summed E-state index contributed by atoms with van der Waals surface area (Å²) in [6, 6.07) is 20.4. The van der Waals surface area contributed by atoms with Crippen LogP contribution in [-0.4, -0.2) is 5.91 Å². The molecule has 0 unspecified atom stereocenters. The number of rotatable bonds is 5. The van der Waals surface area contributed by atoms with E-state index in [4.69, 9.17) is 11.6 Å². The first-order valence-electron chi connectivity index (χ1n) is 7.76. The van der Waals surface area contributed by atoms with Gasteiger partial charge in [0.05, 0.1) is 0 Å². The highest BCUT2D eigenvalue weighted by Crippen LogP contribution is 2.19. The standard InChI is InChI=1S/C20H16ClFN2O/c21-19-4-2-1-3-15(19)13-23-17-9-11-18(12-10-17)24-20(25)14-5-7-16(22)8-6-14/h1-12,23H,13H2,(H,24,25). The monoisotopic (exact) mass is 354 g/mol. The smallest absolute Gasteiger partial charge is 0.255 e. The maximum Gasteiger partial charge on any atom is 0.255 e. The molecular formula is C20H16ClFN2O. The van der Waals surface area contributed by atoms with Gasteiger partial charge in [-0.05, 0) is 60.2 Å². The van der Waals surface area contributed by atoms with Crippen LogP contribution in [0.25, 0.3) is 0 Å². The van der Waals surface area contributed by atoms with Gasteiger partial charge in [-0.25, -0.2) is 4.39 Å². The molecule has 0 saturated carbocycles. The van der Waals surface area contributed by atoms with Crippen LogP contribution >= 0.6 is 11.6 Å². The maximum atomic E-state index is 12.9. The Hall–Kier alpha value is -2.85. The van der Waals surface area contributed by atoms with Gasteiger partial charge in [-0.15, -0.1) is 0 Å². The van der Waals surface area contributed by atoms with Crippen LogP contribution in [-0.2, 0) is 6.54 Å². The lowest BCUT2D eigenvalue weighted by Gasteiger charge is -2.10. The molecule has 0 fully saturated rings. The van der Waals surface area contributed by atoms with Crippen molar-refractivity contribution in [1.82, 2.24) is 0 Å². The third kappa shape index (κ3) is 4.58. The molecule has 25 heavy (non-hydrogen) atoms. The Labute approximate surface area is 150 Å². The molecule has 3 aromatic rings. The molecule has 0 aliphatic heterocycles. The Bertz CT molecular complexity index is 864. The van der Waals surface area contributed by atoms with Gasteiger partial charge in [-0.3, -0.25) is 4.79 Å². The molecule has 0 bridgehead atoms. The van der Waals surface area contributed by atoms with Gasteiger partial charge in [0.1, 0.15) is 5.82 Å². The van der Waals surface area contributed by atoms with Crippen molar-refractivity contribution in [3.05, 3.63) is 94.8 Å². The topological polar surface area (TPSA) is 41.1 Å². The van der Waals surface area contributed by atoms with Gasteiger partial charge < -0.3 is 10.6 Å². The molecule has 0 saturated heterocycles. The molecule has 1 amide bonds. The van der Waals surface area contributed by atoms with Gasteiger partial charge in [0, 0.05) is 28.5 Å². The Morgan fingerprint density at radius 2 is 1.52 bits per heavy atom. The highest BCUT2D eigenvalue weighted by molar-refractivity contribution is 6.31. The van der Waals surface area contributed by atoms with Crippen molar-refractivity contribution in [1.29, 1.82) is 0 Å². The van der Waals surface area contributed by atoms with Crippen molar-refractivity contribution in [2.24, 2.45) is 0 Å². The Kier molecular flexibility index (Phi) is 5.31. The number of nitrogens with one attached hydrogen (secondary N) is 2. The Balaban J connectivity index is 1.59. The second kappa shape index (κ2) is 7.81. The van der Waals surface area contributed by atoms with Crippen molar-refractivity contribution in [2.75, 3.05) is 10.6 Å². The lowest BCUT2D eigenvalue weighted by atomic mass is 10.2. The fourth-order valence-corrected chi connectivity index (χ4v) is 2.52. The van der Waals surface area contributed by atoms with E-state index in [9.17, 15) is 9.18 Å². The van der Waals surface area contributed by atoms with Crippen LogP contribution in [0.5, 0.6) is 0 Å². The minimum absolute atomic E-state index is 0.281. The molecule has 3 rings (SSSR count). The van der Waals surface area contributed by atoms with Crippen LogP contribution in [0.15, 0.2) is 72.8 Å². The minimum Gasteiger partial charge on any atom is -0.381 e. The van der Waals surface area contributed by atoms with Crippen LogP contribution in [0.1, 0.15) is 15.9 Å². The van der Waals surface area contributed by atoms with Gasteiger partial charge in [0.15, 0.2) is 0 Å². The number of carbonyl (C=O) groups excluding carboxylic acids is 1. The quantitative estimate of drug-likeness (QED) is 0.649. The predicted octanol–water partition coefficient (Wildman–Crippen LogP) is 5.34. The Morgan fingerprint density at radius 3 is 2.20 bits per heavy atom. The molecule has 0 spiro atoms. The molecule has 0 heterocycles. The number of amides is 1. The van der Waals surface area contributed by atoms with Crippen molar-refractivity contribution in [3.8, 4) is 0 Å². The number of anilines is 2. The average Bonchev–Trinajstić information content (AvgIpc) is 2.63. The molecule has 0 aliphatic rings. The molecule has 0 atom stereocenters. The van der Waals surface area contributed by atoms with Crippen molar-refractivity contribution >= 4 is 28.9 Å². The highest BCUT2D eigenvalue weighted by Gasteiger charge is 2.06. The van der Waals surface area contributed by atoms with Crippen molar-refractivity contribution in [2.45, 2.75) is 6.54 Å². The number of carbonyl (C=O) groups is 1. The summed E-state index contributed by atoms with van der Waals surface area (Å²) in [4.78, 5) is 12.1. The van der Waals surface area contributed by atoms with Crippen LogP contribution in [0.3, 0.4) is 0 Å². The first kappa shape index (κ1) is 17.0. The normalized spacial score (nSPS) is 10.3. The van der Waals surface area contributed by atoms with E-state index in [1.165, 1.54) is 24.3 Å². The van der Waals surface area contributed by atoms with Crippen LogP contribution in [0, 0.1) is 5.82 Å². The van der Waals surface area contributed by atoms with Crippen LogP contribution < -0.4 is 10.6 Å². The molecule has 5 heteroatoms. The van der Waals surface area contributed by atoms with E-state index in [1.54, 1.807) is 12.1 Å². The van der Waals surface area contributed by atoms with E-state index in [0.717, 1.165) is 16.3 Å². The summed E-state index contributed by atoms with van der Waals surface area (Å²) in [5, 5.41) is 6.78. The van der Waals surface area contributed by atoms with E-state index < -0.39 is 0 Å². The molecule has 3 aromatic carbocycles.